The molecule has 1 saturated carbocycles. The van der Waals surface area contributed by atoms with Crippen LogP contribution in [0, 0.1) is 5.92 Å². The quantitative estimate of drug-likeness (QED) is 0.693. The van der Waals surface area contributed by atoms with E-state index < -0.39 is 10.0 Å². The highest BCUT2D eigenvalue weighted by atomic mass is 79.9. The molecule has 1 saturated heterocycles. The van der Waals surface area contributed by atoms with Crippen LogP contribution in [0.15, 0.2) is 27.6 Å². The van der Waals surface area contributed by atoms with Gasteiger partial charge in [0.15, 0.2) is 0 Å². The van der Waals surface area contributed by atoms with Gasteiger partial charge in [-0.25, -0.2) is 8.42 Å². The maximum Gasteiger partial charge on any atom is 0.246 e. The van der Waals surface area contributed by atoms with Gasteiger partial charge in [-0.2, -0.15) is 4.31 Å². The Labute approximate surface area is 165 Å². The Morgan fingerprint density at radius 1 is 1.08 bits per heavy atom. The van der Waals surface area contributed by atoms with Crippen LogP contribution >= 0.6 is 15.9 Å². The van der Waals surface area contributed by atoms with E-state index in [4.69, 9.17) is 4.74 Å². The zero-order chi connectivity index (χ0) is 18.6. The summed E-state index contributed by atoms with van der Waals surface area (Å²) in [6.07, 6.45) is 7.60. The summed E-state index contributed by atoms with van der Waals surface area (Å²) in [6, 6.07) is 5.13. The molecule has 0 unspecified atom stereocenters. The third kappa shape index (κ3) is 4.80. The number of halogens is 1. The number of sulfonamides is 1. The van der Waals surface area contributed by atoms with Gasteiger partial charge in [0.05, 0.1) is 7.11 Å². The zero-order valence-electron chi connectivity index (χ0n) is 15.5. The van der Waals surface area contributed by atoms with Crippen LogP contribution in [0.1, 0.15) is 38.5 Å². The van der Waals surface area contributed by atoms with Crippen LogP contribution in [-0.4, -0.2) is 57.5 Å². The summed E-state index contributed by atoms with van der Waals surface area (Å²) in [6.45, 7) is 4.03. The van der Waals surface area contributed by atoms with Gasteiger partial charge in [-0.1, -0.05) is 35.2 Å². The second-order valence-electron chi connectivity index (χ2n) is 7.36. The minimum Gasteiger partial charge on any atom is -0.495 e. The van der Waals surface area contributed by atoms with Gasteiger partial charge in [0.2, 0.25) is 10.0 Å². The molecule has 1 heterocycles. The Kier molecular flexibility index (Phi) is 6.99. The van der Waals surface area contributed by atoms with Gasteiger partial charge in [-0.15, -0.1) is 0 Å². The fourth-order valence-electron chi connectivity index (χ4n) is 4.10. The van der Waals surface area contributed by atoms with Crippen molar-refractivity contribution in [3.8, 4) is 5.75 Å². The molecule has 2 fully saturated rings. The summed E-state index contributed by atoms with van der Waals surface area (Å²) in [5, 5.41) is 0. The Balaban J connectivity index is 1.69. The molecule has 26 heavy (non-hydrogen) atoms. The first-order valence-corrected chi connectivity index (χ1v) is 11.8. The van der Waals surface area contributed by atoms with Gasteiger partial charge in [0, 0.05) is 30.7 Å². The van der Waals surface area contributed by atoms with Crippen molar-refractivity contribution in [2.45, 2.75) is 43.4 Å². The van der Waals surface area contributed by atoms with Crippen molar-refractivity contribution in [2.75, 3.05) is 39.8 Å². The van der Waals surface area contributed by atoms with Crippen LogP contribution in [0.25, 0.3) is 0 Å². The number of methoxy groups -OCH3 is 1. The minimum absolute atomic E-state index is 0.245. The molecule has 0 aromatic heterocycles. The van der Waals surface area contributed by atoms with Gasteiger partial charge in [0.25, 0.3) is 0 Å². The average Bonchev–Trinajstić information content (AvgIpc) is 2.88. The standard InChI is InChI=1S/C19H29BrN2O3S/c1-25-18-9-8-17(20)14-19(18)26(23,24)22-11-5-10-21(12-13-22)15-16-6-3-2-4-7-16/h8-9,14,16H,2-7,10-13,15H2,1H3. The van der Waals surface area contributed by atoms with E-state index in [1.165, 1.54) is 39.2 Å². The normalized spacial score (nSPS) is 21.5. The summed E-state index contributed by atoms with van der Waals surface area (Å²) in [5.74, 6) is 1.19. The lowest BCUT2D eigenvalue weighted by Crippen LogP contribution is -2.37. The number of ether oxygens (including phenoxy) is 1. The molecule has 1 aromatic rings. The molecule has 0 N–H and O–H groups in total. The maximum absolute atomic E-state index is 13.2. The molecule has 0 radical (unpaired) electrons. The van der Waals surface area contributed by atoms with Crippen molar-refractivity contribution in [2.24, 2.45) is 5.92 Å². The third-order valence-corrected chi connectivity index (χ3v) is 7.95. The Morgan fingerprint density at radius 2 is 1.85 bits per heavy atom. The number of benzene rings is 1. The van der Waals surface area contributed by atoms with Gasteiger partial charge in [0.1, 0.15) is 10.6 Å². The Bertz CT molecular complexity index is 705. The third-order valence-electron chi connectivity index (χ3n) is 5.53. The van der Waals surface area contributed by atoms with E-state index in [2.05, 4.69) is 20.8 Å². The van der Waals surface area contributed by atoms with Crippen LogP contribution < -0.4 is 4.74 Å². The van der Waals surface area contributed by atoms with E-state index >= 15 is 0 Å². The topological polar surface area (TPSA) is 49.9 Å². The van der Waals surface area contributed by atoms with E-state index in [9.17, 15) is 8.42 Å². The van der Waals surface area contributed by atoms with Crippen molar-refractivity contribution in [1.82, 2.24) is 9.21 Å². The molecule has 5 nitrogen and oxygen atoms in total. The van der Waals surface area contributed by atoms with Crippen LogP contribution in [0.2, 0.25) is 0 Å². The molecular weight excluding hydrogens is 416 g/mol. The second kappa shape index (κ2) is 9.04. The molecule has 1 aliphatic carbocycles. The highest BCUT2D eigenvalue weighted by molar-refractivity contribution is 9.10. The van der Waals surface area contributed by atoms with E-state index in [0.717, 1.165) is 36.4 Å². The lowest BCUT2D eigenvalue weighted by Gasteiger charge is -2.28. The Hall–Kier alpha value is -0.630. The van der Waals surface area contributed by atoms with Crippen molar-refractivity contribution in [3.63, 3.8) is 0 Å². The lowest BCUT2D eigenvalue weighted by molar-refractivity contribution is 0.208. The predicted octanol–water partition coefficient (Wildman–Crippen LogP) is 3.73. The molecule has 3 rings (SSSR count). The van der Waals surface area contributed by atoms with Crippen molar-refractivity contribution < 1.29 is 13.2 Å². The largest absolute Gasteiger partial charge is 0.495 e. The summed E-state index contributed by atoms with van der Waals surface area (Å²) in [7, 11) is -2.04. The smallest absolute Gasteiger partial charge is 0.246 e. The van der Waals surface area contributed by atoms with Crippen molar-refractivity contribution in [1.29, 1.82) is 0 Å². The first-order chi connectivity index (χ1) is 12.5. The fourth-order valence-corrected chi connectivity index (χ4v) is 6.26. The Morgan fingerprint density at radius 3 is 2.58 bits per heavy atom. The van der Waals surface area contributed by atoms with E-state index in [1.807, 2.05) is 0 Å². The van der Waals surface area contributed by atoms with Gasteiger partial charge >= 0.3 is 0 Å². The molecule has 0 spiro atoms. The lowest BCUT2D eigenvalue weighted by atomic mass is 9.89. The summed E-state index contributed by atoms with van der Waals surface area (Å²) < 4.78 is 34.0. The monoisotopic (exact) mass is 444 g/mol. The van der Waals surface area contributed by atoms with E-state index in [-0.39, 0.29) is 4.90 Å². The number of hydrogen-bond donors (Lipinski definition) is 0. The van der Waals surface area contributed by atoms with Crippen LogP contribution in [-0.2, 0) is 10.0 Å². The second-order valence-corrected chi connectivity index (χ2v) is 10.2. The highest BCUT2D eigenvalue weighted by Crippen LogP contribution is 2.30. The van der Waals surface area contributed by atoms with Gasteiger partial charge in [-0.05, 0) is 49.9 Å². The van der Waals surface area contributed by atoms with E-state index in [0.29, 0.717) is 18.8 Å². The van der Waals surface area contributed by atoms with Crippen molar-refractivity contribution in [3.05, 3.63) is 22.7 Å². The molecule has 0 amide bonds. The van der Waals surface area contributed by atoms with Crippen LogP contribution in [0.5, 0.6) is 5.75 Å². The number of nitrogens with zero attached hydrogens (tertiary/aromatic N) is 2. The van der Waals surface area contributed by atoms with E-state index in [1.54, 1.807) is 22.5 Å². The first-order valence-electron chi connectivity index (χ1n) is 9.57. The SMILES string of the molecule is COc1ccc(Br)cc1S(=O)(=O)N1CCCN(CC2CCCCC2)CC1. The average molecular weight is 445 g/mol. The first kappa shape index (κ1) is 20.1. The van der Waals surface area contributed by atoms with Gasteiger partial charge in [-0.3, -0.25) is 0 Å². The molecule has 0 atom stereocenters. The molecule has 7 heteroatoms. The fraction of sp³-hybridized carbons (Fsp3) is 0.684. The minimum atomic E-state index is -3.56. The van der Waals surface area contributed by atoms with Gasteiger partial charge < -0.3 is 9.64 Å². The zero-order valence-corrected chi connectivity index (χ0v) is 17.9. The molecular formula is C19H29BrN2O3S. The summed E-state index contributed by atoms with van der Waals surface area (Å²) in [5.41, 5.74) is 0. The number of rotatable bonds is 5. The predicted molar refractivity (Wildman–Crippen MR) is 107 cm³/mol. The molecule has 146 valence electrons. The molecule has 2 aliphatic rings. The van der Waals surface area contributed by atoms with Crippen LogP contribution in [0.3, 0.4) is 0 Å². The van der Waals surface area contributed by atoms with Crippen LogP contribution in [0.4, 0.5) is 0 Å². The number of hydrogen-bond acceptors (Lipinski definition) is 4. The molecule has 0 bridgehead atoms. The summed E-state index contributed by atoms with van der Waals surface area (Å²) in [4.78, 5) is 2.71. The molecule has 1 aliphatic heterocycles. The summed E-state index contributed by atoms with van der Waals surface area (Å²) >= 11 is 3.38. The van der Waals surface area contributed by atoms with Crippen molar-refractivity contribution >= 4 is 26.0 Å². The maximum atomic E-state index is 13.2. The highest BCUT2D eigenvalue weighted by Gasteiger charge is 2.30. The molecule has 1 aromatic carbocycles.